The highest BCUT2D eigenvalue weighted by Gasteiger charge is 2.34. The highest BCUT2D eigenvalue weighted by atomic mass is 28.4. The van der Waals surface area contributed by atoms with E-state index in [1.165, 1.54) is 37.4 Å². The fourth-order valence-corrected chi connectivity index (χ4v) is 6.16. The van der Waals surface area contributed by atoms with Gasteiger partial charge in [0, 0.05) is 6.61 Å². The Labute approximate surface area is 76.9 Å². The molecular weight excluding hydrogens is 164 g/mol. The second kappa shape index (κ2) is 4.82. The van der Waals surface area contributed by atoms with Crippen LogP contribution in [-0.2, 0) is 4.43 Å². The maximum absolute atomic E-state index is 5.98. The van der Waals surface area contributed by atoms with Gasteiger partial charge in [0.1, 0.15) is 0 Å². The number of rotatable bonds is 4. The van der Waals surface area contributed by atoms with Crippen molar-refractivity contribution >= 4 is 8.32 Å². The summed E-state index contributed by atoms with van der Waals surface area (Å²) < 4.78 is 5.98. The molecule has 0 radical (unpaired) electrons. The van der Waals surface area contributed by atoms with Crippen molar-refractivity contribution in [3.05, 3.63) is 12.7 Å². The van der Waals surface area contributed by atoms with Crippen molar-refractivity contribution in [2.24, 2.45) is 0 Å². The van der Waals surface area contributed by atoms with Crippen LogP contribution >= 0.6 is 0 Å². The van der Waals surface area contributed by atoms with Gasteiger partial charge in [-0.15, -0.1) is 6.58 Å². The van der Waals surface area contributed by atoms with Gasteiger partial charge in [0.15, 0.2) is 8.32 Å². The molecule has 70 valence electrons. The van der Waals surface area contributed by atoms with E-state index in [0.29, 0.717) is 0 Å². The van der Waals surface area contributed by atoms with Gasteiger partial charge in [0.25, 0.3) is 0 Å². The SMILES string of the molecule is C=CC[Si]1(OCC)CCCCC1. The van der Waals surface area contributed by atoms with Crippen molar-refractivity contribution in [2.75, 3.05) is 6.61 Å². The third-order valence-electron chi connectivity index (χ3n) is 2.73. The molecule has 0 bridgehead atoms. The highest BCUT2D eigenvalue weighted by Crippen LogP contribution is 2.32. The molecule has 0 saturated carbocycles. The molecule has 1 saturated heterocycles. The monoisotopic (exact) mass is 184 g/mol. The van der Waals surface area contributed by atoms with Gasteiger partial charge in [0.05, 0.1) is 0 Å². The fraction of sp³-hybridized carbons (Fsp3) is 0.800. The standard InChI is InChI=1S/C10H20OSi/c1-3-8-12(11-4-2)9-6-5-7-10-12/h3H,1,4-10H2,2H3. The van der Waals surface area contributed by atoms with Crippen LogP contribution in [0.3, 0.4) is 0 Å². The van der Waals surface area contributed by atoms with E-state index < -0.39 is 8.32 Å². The maximum atomic E-state index is 5.98. The Bertz CT molecular complexity index is 133. The van der Waals surface area contributed by atoms with Crippen LogP contribution in [0, 0.1) is 0 Å². The molecule has 1 aliphatic rings. The van der Waals surface area contributed by atoms with E-state index in [1.807, 2.05) is 0 Å². The Morgan fingerprint density at radius 2 is 2.00 bits per heavy atom. The lowest BCUT2D eigenvalue weighted by Crippen LogP contribution is -2.39. The maximum Gasteiger partial charge on any atom is 0.196 e. The van der Waals surface area contributed by atoms with Crippen molar-refractivity contribution < 1.29 is 4.43 Å². The summed E-state index contributed by atoms with van der Waals surface area (Å²) >= 11 is 0. The van der Waals surface area contributed by atoms with E-state index in [2.05, 4.69) is 19.6 Å². The topological polar surface area (TPSA) is 9.23 Å². The van der Waals surface area contributed by atoms with Gasteiger partial charge >= 0.3 is 0 Å². The summed E-state index contributed by atoms with van der Waals surface area (Å²) in [5.74, 6) is 0. The fourth-order valence-electron chi connectivity index (χ4n) is 2.17. The number of hydrogen-bond acceptors (Lipinski definition) is 1. The van der Waals surface area contributed by atoms with E-state index in [4.69, 9.17) is 4.43 Å². The predicted molar refractivity (Wildman–Crippen MR) is 55.8 cm³/mol. The average Bonchev–Trinajstić information content (AvgIpc) is 2.07. The smallest absolute Gasteiger partial charge is 0.196 e. The third kappa shape index (κ3) is 2.46. The summed E-state index contributed by atoms with van der Waals surface area (Å²) in [4.78, 5) is 0. The molecule has 0 aromatic carbocycles. The van der Waals surface area contributed by atoms with Crippen LogP contribution in [0.1, 0.15) is 26.2 Å². The van der Waals surface area contributed by atoms with E-state index in [-0.39, 0.29) is 0 Å². The lowest BCUT2D eigenvalue weighted by Gasteiger charge is -2.33. The summed E-state index contributed by atoms with van der Waals surface area (Å²) in [5, 5.41) is 0. The Kier molecular flexibility index (Phi) is 4.02. The summed E-state index contributed by atoms with van der Waals surface area (Å²) in [6.07, 6.45) is 6.26. The number of allylic oxidation sites excluding steroid dienone is 1. The molecule has 0 aliphatic carbocycles. The van der Waals surface area contributed by atoms with Crippen molar-refractivity contribution in [1.82, 2.24) is 0 Å². The quantitative estimate of drug-likeness (QED) is 0.481. The highest BCUT2D eigenvalue weighted by molar-refractivity contribution is 6.74. The molecule has 1 nitrogen and oxygen atoms in total. The van der Waals surface area contributed by atoms with Gasteiger partial charge in [-0.2, -0.15) is 0 Å². The van der Waals surface area contributed by atoms with Crippen LogP contribution < -0.4 is 0 Å². The first kappa shape index (κ1) is 10.0. The van der Waals surface area contributed by atoms with Gasteiger partial charge in [0.2, 0.25) is 0 Å². The zero-order valence-corrected chi connectivity index (χ0v) is 9.14. The van der Waals surface area contributed by atoms with Gasteiger partial charge in [-0.3, -0.25) is 0 Å². The lowest BCUT2D eigenvalue weighted by molar-refractivity contribution is 0.312. The Morgan fingerprint density at radius 1 is 1.33 bits per heavy atom. The largest absolute Gasteiger partial charge is 0.417 e. The molecule has 0 N–H and O–H groups in total. The molecule has 1 rings (SSSR count). The van der Waals surface area contributed by atoms with Crippen LogP contribution in [-0.4, -0.2) is 14.9 Å². The van der Waals surface area contributed by atoms with Crippen LogP contribution in [0.25, 0.3) is 0 Å². The average molecular weight is 184 g/mol. The Morgan fingerprint density at radius 3 is 2.50 bits per heavy atom. The molecule has 1 heterocycles. The minimum atomic E-state index is -1.30. The zero-order valence-electron chi connectivity index (χ0n) is 8.14. The third-order valence-corrected chi connectivity index (χ3v) is 7.19. The van der Waals surface area contributed by atoms with Gasteiger partial charge in [-0.1, -0.05) is 25.3 Å². The summed E-state index contributed by atoms with van der Waals surface area (Å²) in [6.45, 7) is 6.86. The molecule has 0 amide bonds. The molecule has 1 fully saturated rings. The molecule has 0 spiro atoms. The lowest BCUT2D eigenvalue weighted by atomic mass is 10.3. The Balaban J connectivity index is 2.49. The first-order valence-corrected chi connectivity index (χ1v) is 7.61. The van der Waals surface area contributed by atoms with Crippen LogP contribution in [0.4, 0.5) is 0 Å². The molecule has 0 aromatic rings. The summed E-state index contributed by atoms with van der Waals surface area (Å²) in [7, 11) is -1.30. The first-order chi connectivity index (χ1) is 5.83. The zero-order chi connectivity index (χ0) is 8.86. The van der Waals surface area contributed by atoms with Crippen LogP contribution in [0.15, 0.2) is 12.7 Å². The van der Waals surface area contributed by atoms with E-state index in [9.17, 15) is 0 Å². The summed E-state index contributed by atoms with van der Waals surface area (Å²) in [6, 6.07) is 3.90. The van der Waals surface area contributed by atoms with E-state index >= 15 is 0 Å². The molecule has 0 aromatic heterocycles. The van der Waals surface area contributed by atoms with Gasteiger partial charge in [-0.05, 0) is 25.1 Å². The van der Waals surface area contributed by atoms with Crippen LogP contribution in [0.2, 0.25) is 18.1 Å². The molecule has 2 heteroatoms. The summed E-state index contributed by atoms with van der Waals surface area (Å²) in [5.41, 5.74) is 0. The van der Waals surface area contributed by atoms with Crippen molar-refractivity contribution in [3.8, 4) is 0 Å². The second-order valence-electron chi connectivity index (χ2n) is 3.67. The minimum Gasteiger partial charge on any atom is -0.417 e. The van der Waals surface area contributed by atoms with Gasteiger partial charge < -0.3 is 4.43 Å². The van der Waals surface area contributed by atoms with Crippen molar-refractivity contribution in [3.63, 3.8) is 0 Å². The van der Waals surface area contributed by atoms with Crippen LogP contribution in [0.5, 0.6) is 0 Å². The normalized spacial score (nSPS) is 22.1. The minimum absolute atomic E-state index is 0.903. The first-order valence-electron chi connectivity index (χ1n) is 5.08. The second-order valence-corrected chi connectivity index (χ2v) is 7.73. The molecule has 0 unspecified atom stereocenters. The van der Waals surface area contributed by atoms with Crippen molar-refractivity contribution in [2.45, 2.75) is 44.3 Å². The van der Waals surface area contributed by atoms with E-state index in [0.717, 1.165) is 6.61 Å². The molecule has 12 heavy (non-hydrogen) atoms. The van der Waals surface area contributed by atoms with Crippen molar-refractivity contribution in [1.29, 1.82) is 0 Å². The molecular formula is C10H20OSi. The molecule has 1 aliphatic heterocycles. The van der Waals surface area contributed by atoms with Gasteiger partial charge in [-0.25, -0.2) is 0 Å². The number of hydrogen-bond donors (Lipinski definition) is 0. The van der Waals surface area contributed by atoms with E-state index in [1.54, 1.807) is 0 Å². The Hall–Kier alpha value is -0.0831. The molecule has 0 atom stereocenters. The predicted octanol–water partition coefficient (Wildman–Crippen LogP) is 3.34.